The second kappa shape index (κ2) is 8.93. The molecule has 2 aliphatic heterocycles. The summed E-state index contributed by atoms with van der Waals surface area (Å²) in [6.45, 7) is 9.26. The number of fused-ring (bicyclic) bond motifs is 1. The van der Waals surface area contributed by atoms with Gasteiger partial charge in [-0.15, -0.1) is 23.7 Å². The van der Waals surface area contributed by atoms with Crippen molar-refractivity contribution in [3.05, 3.63) is 16.8 Å². The molecule has 28 heavy (non-hydrogen) atoms. The normalized spacial score (nSPS) is 23.5. The molecule has 2 aliphatic rings. The summed E-state index contributed by atoms with van der Waals surface area (Å²) in [4.78, 5) is 26.5. The molecule has 1 amide bonds. The van der Waals surface area contributed by atoms with Gasteiger partial charge in [-0.1, -0.05) is 0 Å². The maximum Gasteiger partial charge on any atom is 0.223 e. The minimum atomic E-state index is 0. The fourth-order valence-electron chi connectivity index (χ4n) is 4.30. The summed E-state index contributed by atoms with van der Waals surface area (Å²) in [7, 11) is 0. The standard InChI is InChI=1S/C20H29N5OS.ClH/c1-12-14(3)27-20-17(12)18(22-11-23-20)25-9-6-15(7-10-25)19(26)24-16-5-4-8-21-13(16)2;/h11,13,15-16,21H,4-10H2,1-3H3,(H,24,26);1H. The molecule has 2 saturated heterocycles. The van der Waals surface area contributed by atoms with E-state index in [1.165, 1.54) is 15.8 Å². The third-order valence-corrected chi connectivity index (χ3v) is 7.32. The number of piperidine rings is 2. The third kappa shape index (κ3) is 4.11. The van der Waals surface area contributed by atoms with Crippen molar-refractivity contribution < 1.29 is 4.79 Å². The largest absolute Gasteiger partial charge is 0.356 e. The monoisotopic (exact) mass is 423 g/mol. The minimum Gasteiger partial charge on any atom is -0.356 e. The highest BCUT2D eigenvalue weighted by molar-refractivity contribution is 7.18. The number of nitrogens with zero attached hydrogens (tertiary/aromatic N) is 3. The third-order valence-electron chi connectivity index (χ3n) is 6.20. The fraction of sp³-hybridized carbons (Fsp3) is 0.650. The number of rotatable bonds is 3. The maximum absolute atomic E-state index is 12.7. The summed E-state index contributed by atoms with van der Waals surface area (Å²) < 4.78 is 0. The smallest absolute Gasteiger partial charge is 0.223 e. The molecule has 2 atom stereocenters. The van der Waals surface area contributed by atoms with E-state index in [4.69, 9.17) is 0 Å². The predicted octanol–water partition coefficient (Wildman–Crippen LogP) is 3.20. The molecule has 0 saturated carbocycles. The number of thiophene rings is 1. The van der Waals surface area contributed by atoms with E-state index in [1.807, 2.05) is 0 Å². The number of hydrogen-bond acceptors (Lipinski definition) is 6. The summed E-state index contributed by atoms with van der Waals surface area (Å²) in [5.41, 5.74) is 1.28. The Balaban J connectivity index is 0.00000225. The second-order valence-corrected chi connectivity index (χ2v) is 9.13. The van der Waals surface area contributed by atoms with E-state index >= 15 is 0 Å². The van der Waals surface area contributed by atoms with E-state index in [0.717, 1.165) is 56.0 Å². The van der Waals surface area contributed by atoms with Crippen molar-refractivity contribution in [3.63, 3.8) is 0 Å². The van der Waals surface area contributed by atoms with Crippen molar-refractivity contribution in [2.45, 2.75) is 58.5 Å². The lowest BCUT2D eigenvalue weighted by atomic mass is 9.93. The molecule has 4 heterocycles. The predicted molar refractivity (Wildman–Crippen MR) is 118 cm³/mol. The van der Waals surface area contributed by atoms with E-state index in [1.54, 1.807) is 17.7 Å². The van der Waals surface area contributed by atoms with E-state index in [2.05, 4.69) is 46.3 Å². The highest BCUT2D eigenvalue weighted by Gasteiger charge is 2.30. The van der Waals surface area contributed by atoms with Crippen molar-refractivity contribution in [2.24, 2.45) is 5.92 Å². The van der Waals surface area contributed by atoms with Gasteiger partial charge in [-0.2, -0.15) is 0 Å². The zero-order chi connectivity index (χ0) is 19.0. The van der Waals surface area contributed by atoms with Gasteiger partial charge in [-0.3, -0.25) is 4.79 Å². The van der Waals surface area contributed by atoms with Gasteiger partial charge in [0.05, 0.1) is 5.39 Å². The minimum absolute atomic E-state index is 0. The molecule has 0 bridgehead atoms. The first kappa shape index (κ1) is 21.3. The van der Waals surface area contributed by atoms with Crippen LogP contribution < -0.4 is 15.5 Å². The van der Waals surface area contributed by atoms with Crippen LogP contribution in [0.5, 0.6) is 0 Å². The number of halogens is 1. The second-order valence-electron chi connectivity index (χ2n) is 7.92. The lowest BCUT2D eigenvalue weighted by molar-refractivity contribution is -0.126. The van der Waals surface area contributed by atoms with E-state index in [0.29, 0.717) is 6.04 Å². The summed E-state index contributed by atoms with van der Waals surface area (Å²) in [6.07, 6.45) is 5.65. The van der Waals surface area contributed by atoms with Crippen molar-refractivity contribution in [3.8, 4) is 0 Å². The number of amides is 1. The van der Waals surface area contributed by atoms with Crippen molar-refractivity contribution in [1.29, 1.82) is 0 Å². The molecule has 2 aromatic heterocycles. The Morgan fingerprint density at radius 2 is 2.00 bits per heavy atom. The molecular weight excluding hydrogens is 394 g/mol. The molecule has 2 fully saturated rings. The summed E-state index contributed by atoms with van der Waals surface area (Å²) in [5.74, 6) is 1.37. The summed E-state index contributed by atoms with van der Waals surface area (Å²) in [6, 6.07) is 0.629. The van der Waals surface area contributed by atoms with Crippen LogP contribution in [0.2, 0.25) is 0 Å². The Kier molecular flexibility index (Phi) is 6.78. The van der Waals surface area contributed by atoms with Crippen LogP contribution in [0.1, 0.15) is 43.0 Å². The highest BCUT2D eigenvalue weighted by Crippen LogP contribution is 2.35. The highest BCUT2D eigenvalue weighted by atomic mass is 35.5. The Morgan fingerprint density at radius 3 is 2.71 bits per heavy atom. The van der Waals surface area contributed by atoms with Crippen LogP contribution in [0.3, 0.4) is 0 Å². The molecule has 4 rings (SSSR count). The first-order chi connectivity index (χ1) is 13.0. The number of aryl methyl sites for hydroxylation is 2. The van der Waals surface area contributed by atoms with E-state index in [9.17, 15) is 4.79 Å². The van der Waals surface area contributed by atoms with Crippen LogP contribution in [-0.4, -0.2) is 47.6 Å². The quantitative estimate of drug-likeness (QED) is 0.793. The lowest BCUT2D eigenvalue weighted by Gasteiger charge is -2.35. The molecule has 0 spiro atoms. The topological polar surface area (TPSA) is 70.2 Å². The first-order valence-corrected chi connectivity index (χ1v) is 10.9. The molecule has 2 aromatic rings. The molecule has 0 radical (unpaired) electrons. The van der Waals surface area contributed by atoms with Crippen molar-refractivity contribution in [2.75, 3.05) is 24.5 Å². The number of carbonyl (C=O) groups is 1. The van der Waals surface area contributed by atoms with Gasteiger partial charge in [0, 0.05) is 36.0 Å². The van der Waals surface area contributed by atoms with Crippen LogP contribution in [0.25, 0.3) is 10.2 Å². The summed E-state index contributed by atoms with van der Waals surface area (Å²) >= 11 is 1.73. The lowest BCUT2D eigenvalue weighted by Crippen LogP contribution is -2.53. The van der Waals surface area contributed by atoms with Crippen molar-refractivity contribution >= 4 is 45.7 Å². The fourth-order valence-corrected chi connectivity index (χ4v) is 5.29. The van der Waals surface area contributed by atoms with E-state index < -0.39 is 0 Å². The van der Waals surface area contributed by atoms with Gasteiger partial charge in [0.2, 0.25) is 5.91 Å². The maximum atomic E-state index is 12.7. The zero-order valence-corrected chi connectivity index (χ0v) is 18.5. The van der Waals surface area contributed by atoms with E-state index in [-0.39, 0.29) is 30.3 Å². The van der Waals surface area contributed by atoms with Crippen LogP contribution in [-0.2, 0) is 4.79 Å². The van der Waals surface area contributed by atoms with Gasteiger partial charge in [0.25, 0.3) is 0 Å². The van der Waals surface area contributed by atoms with Gasteiger partial charge in [0.15, 0.2) is 0 Å². The van der Waals surface area contributed by atoms with Gasteiger partial charge in [-0.05, 0) is 58.6 Å². The summed E-state index contributed by atoms with van der Waals surface area (Å²) in [5, 5.41) is 7.93. The first-order valence-electron chi connectivity index (χ1n) is 10.0. The van der Waals surface area contributed by atoms with Crippen LogP contribution in [0.4, 0.5) is 5.82 Å². The number of nitrogens with one attached hydrogen (secondary N) is 2. The molecule has 6 nitrogen and oxygen atoms in total. The van der Waals surface area contributed by atoms with Gasteiger partial charge >= 0.3 is 0 Å². The zero-order valence-electron chi connectivity index (χ0n) is 16.8. The number of aromatic nitrogens is 2. The Hall–Kier alpha value is -1.44. The average Bonchev–Trinajstić information content (AvgIpc) is 2.98. The van der Waals surface area contributed by atoms with Gasteiger partial charge < -0.3 is 15.5 Å². The number of anilines is 1. The Morgan fingerprint density at radius 1 is 1.25 bits per heavy atom. The molecule has 0 aliphatic carbocycles. The SMILES string of the molecule is Cc1sc2ncnc(N3CCC(C(=O)NC4CCCNC4C)CC3)c2c1C.Cl. The Labute approximate surface area is 176 Å². The molecule has 154 valence electrons. The van der Waals surface area contributed by atoms with Gasteiger partial charge in [0.1, 0.15) is 17.0 Å². The molecular formula is C20H30ClN5OS. The molecule has 0 aromatic carbocycles. The molecule has 2 N–H and O–H groups in total. The molecule has 8 heteroatoms. The molecule has 2 unspecified atom stereocenters. The number of hydrogen-bond donors (Lipinski definition) is 2. The van der Waals surface area contributed by atoms with Gasteiger partial charge in [-0.25, -0.2) is 9.97 Å². The van der Waals surface area contributed by atoms with Crippen molar-refractivity contribution in [1.82, 2.24) is 20.6 Å². The number of carbonyl (C=O) groups excluding carboxylic acids is 1. The average molecular weight is 424 g/mol. The van der Waals surface area contributed by atoms with Crippen LogP contribution in [0.15, 0.2) is 6.33 Å². The van der Waals surface area contributed by atoms with Crippen LogP contribution in [0, 0.1) is 19.8 Å². The van der Waals surface area contributed by atoms with Crippen LogP contribution >= 0.6 is 23.7 Å². The Bertz CT molecular complexity index is 833.